The first-order chi connectivity index (χ1) is 12.1. The standard InChI is InChI=1S/C19H22FN3O2/c1-22-17-11-16(25-12-14-6-5-7-15(20)10-14)21-18(24)23(17)13-19(22)8-3-2-4-9-19/h5-7,10-11H,2-4,8-9,12-13H2,1H3. The number of ether oxygens (including phenoxy) is 1. The fourth-order valence-electron chi connectivity index (χ4n) is 4.10. The Bertz CT molecular complexity index is 843. The Hall–Kier alpha value is -2.37. The lowest BCUT2D eigenvalue weighted by atomic mass is 9.81. The molecule has 0 atom stereocenters. The van der Waals surface area contributed by atoms with Gasteiger partial charge in [-0.15, -0.1) is 0 Å². The molecule has 25 heavy (non-hydrogen) atoms. The lowest BCUT2D eigenvalue weighted by molar-refractivity contribution is 0.275. The number of fused-ring (bicyclic) bond motifs is 1. The number of nitrogens with zero attached hydrogens (tertiary/aromatic N) is 3. The van der Waals surface area contributed by atoms with Gasteiger partial charge in [-0.3, -0.25) is 4.57 Å². The minimum Gasteiger partial charge on any atom is -0.473 e. The lowest BCUT2D eigenvalue weighted by Gasteiger charge is -2.39. The summed E-state index contributed by atoms with van der Waals surface area (Å²) in [5.74, 6) is 0.846. The summed E-state index contributed by atoms with van der Waals surface area (Å²) < 4.78 is 20.7. The van der Waals surface area contributed by atoms with Crippen LogP contribution in [-0.4, -0.2) is 22.1 Å². The minimum absolute atomic E-state index is 0.0350. The van der Waals surface area contributed by atoms with Gasteiger partial charge in [0.25, 0.3) is 0 Å². The van der Waals surface area contributed by atoms with Crippen molar-refractivity contribution in [3.63, 3.8) is 0 Å². The average molecular weight is 343 g/mol. The van der Waals surface area contributed by atoms with E-state index >= 15 is 0 Å². The maximum absolute atomic E-state index is 13.3. The van der Waals surface area contributed by atoms with Crippen molar-refractivity contribution in [2.24, 2.45) is 0 Å². The number of hydrogen-bond acceptors (Lipinski definition) is 4. The van der Waals surface area contributed by atoms with E-state index < -0.39 is 0 Å². The molecule has 0 saturated heterocycles. The molecular weight excluding hydrogens is 321 g/mol. The predicted octanol–water partition coefficient (Wildman–Crippen LogP) is 3.11. The van der Waals surface area contributed by atoms with E-state index in [0.29, 0.717) is 18.0 Å². The van der Waals surface area contributed by atoms with Gasteiger partial charge in [0.05, 0.1) is 12.1 Å². The van der Waals surface area contributed by atoms with Gasteiger partial charge in [-0.05, 0) is 30.5 Å². The van der Waals surface area contributed by atoms with Crippen LogP contribution in [0.25, 0.3) is 0 Å². The van der Waals surface area contributed by atoms with E-state index in [4.69, 9.17) is 4.74 Å². The molecule has 0 amide bonds. The van der Waals surface area contributed by atoms with E-state index in [1.54, 1.807) is 16.7 Å². The van der Waals surface area contributed by atoms with Crippen molar-refractivity contribution in [2.45, 2.75) is 50.8 Å². The molecule has 4 rings (SSSR count). The van der Waals surface area contributed by atoms with Crippen LogP contribution in [0.1, 0.15) is 37.7 Å². The van der Waals surface area contributed by atoms with Crippen molar-refractivity contribution in [1.29, 1.82) is 0 Å². The van der Waals surface area contributed by atoms with Crippen LogP contribution in [0.4, 0.5) is 10.2 Å². The van der Waals surface area contributed by atoms with Gasteiger partial charge in [0.2, 0.25) is 5.88 Å². The van der Waals surface area contributed by atoms with Crippen molar-refractivity contribution in [2.75, 3.05) is 11.9 Å². The fourth-order valence-corrected chi connectivity index (χ4v) is 4.10. The van der Waals surface area contributed by atoms with Crippen molar-refractivity contribution >= 4 is 5.82 Å². The molecule has 1 aromatic heterocycles. The second-order valence-corrected chi connectivity index (χ2v) is 7.08. The summed E-state index contributed by atoms with van der Waals surface area (Å²) in [7, 11) is 2.06. The third-order valence-electron chi connectivity index (χ3n) is 5.53. The fraction of sp³-hybridized carbons (Fsp3) is 0.474. The molecule has 132 valence electrons. The van der Waals surface area contributed by atoms with Gasteiger partial charge in [-0.2, -0.15) is 4.98 Å². The number of likely N-dealkylation sites (N-methyl/N-ethyl adjacent to an activating group) is 1. The zero-order valence-corrected chi connectivity index (χ0v) is 14.4. The Morgan fingerprint density at radius 1 is 1.24 bits per heavy atom. The molecule has 1 spiro atoms. The number of halogens is 1. The predicted molar refractivity (Wildman–Crippen MR) is 93.4 cm³/mol. The van der Waals surface area contributed by atoms with Gasteiger partial charge in [0.1, 0.15) is 18.2 Å². The Kier molecular flexibility index (Phi) is 3.98. The van der Waals surface area contributed by atoms with Crippen LogP contribution >= 0.6 is 0 Å². The SMILES string of the molecule is CN1c2cc(OCc3cccc(F)c3)nc(=O)n2CC12CCCCC2. The Morgan fingerprint density at radius 3 is 2.80 bits per heavy atom. The number of rotatable bonds is 3. The van der Waals surface area contributed by atoms with Gasteiger partial charge in [0.15, 0.2) is 0 Å². The quantitative estimate of drug-likeness (QED) is 0.859. The number of aromatic nitrogens is 2. The first-order valence-corrected chi connectivity index (χ1v) is 8.80. The number of benzene rings is 1. The van der Waals surface area contributed by atoms with Crippen LogP contribution in [0.5, 0.6) is 5.88 Å². The summed E-state index contributed by atoms with van der Waals surface area (Å²) in [6.07, 6.45) is 5.86. The maximum atomic E-state index is 13.3. The first-order valence-electron chi connectivity index (χ1n) is 8.80. The van der Waals surface area contributed by atoms with E-state index in [9.17, 15) is 9.18 Å². The zero-order valence-electron chi connectivity index (χ0n) is 14.4. The van der Waals surface area contributed by atoms with Crippen molar-refractivity contribution < 1.29 is 9.13 Å². The number of hydrogen-bond donors (Lipinski definition) is 0. The molecule has 1 saturated carbocycles. The molecule has 2 aliphatic rings. The molecule has 0 unspecified atom stereocenters. The van der Waals surface area contributed by atoms with Gasteiger partial charge in [-0.25, -0.2) is 9.18 Å². The molecule has 0 bridgehead atoms. The molecule has 1 aromatic carbocycles. The highest BCUT2D eigenvalue weighted by Crippen LogP contribution is 2.41. The Labute approximate surface area is 146 Å². The largest absolute Gasteiger partial charge is 0.473 e. The summed E-state index contributed by atoms with van der Waals surface area (Å²) >= 11 is 0. The molecule has 1 aliphatic heterocycles. The van der Waals surface area contributed by atoms with E-state index in [2.05, 4.69) is 16.9 Å². The lowest BCUT2D eigenvalue weighted by Crippen LogP contribution is -2.46. The molecule has 2 aromatic rings. The van der Waals surface area contributed by atoms with Gasteiger partial charge in [-0.1, -0.05) is 31.4 Å². The molecular formula is C19H22FN3O2. The minimum atomic E-state index is -0.304. The van der Waals surface area contributed by atoms with Crippen LogP contribution in [0.2, 0.25) is 0 Å². The maximum Gasteiger partial charge on any atom is 0.352 e. The van der Waals surface area contributed by atoms with E-state index in [1.165, 1.54) is 31.4 Å². The summed E-state index contributed by atoms with van der Waals surface area (Å²) in [6, 6.07) is 8.06. The molecule has 6 heteroatoms. The normalized spacial score (nSPS) is 18.4. The summed E-state index contributed by atoms with van der Waals surface area (Å²) in [5, 5.41) is 0. The smallest absolute Gasteiger partial charge is 0.352 e. The summed E-state index contributed by atoms with van der Waals surface area (Å²) in [5.41, 5.74) is 0.466. The van der Waals surface area contributed by atoms with Crippen molar-refractivity contribution in [3.05, 3.63) is 52.2 Å². The van der Waals surface area contributed by atoms with E-state index in [1.807, 2.05) is 6.07 Å². The summed E-state index contributed by atoms with van der Waals surface area (Å²) in [4.78, 5) is 18.7. The van der Waals surface area contributed by atoms with Gasteiger partial charge < -0.3 is 9.64 Å². The highest BCUT2D eigenvalue weighted by molar-refractivity contribution is 5.48. The Morgan fingerprint density at radius 2 is 2.04 bits per heavy atom. The van der Waals surface area contributed by atoms with Crippen LogP contribution in [0, 0.1) is 5.82 Å². The third-order valence-corrected chi connectivity index (χ3v) is 5.53. The zero-order chi connectivity index (χ0) is 17.4. The highest BCUT2D eigenvalue weighted by Gasteiger charge is 2.43. The molecule has 5 nitrogen and oxygen atoms in total. The van der Waals surface area contributed by atoms with Crippen LogP contribution in [0.15, 0.2) is 35.1 Å². The van der Waals surface area contributed by atoms with E-state index in [-0.39, 0.29) is 23.7 Å². The monoisotopic (exact) mass is 343 g/mol. The number of anilines is 1. The van der Waals surface area contributed by atoms with Crippen LogP contribution in [0.3, 0.4) is 0 Å². The molecule has 1 fully saturated rings. The Balaban J connectivity index is 1.57. The first kappa shape index (κ1) is 16.1. The van der Waals surface area contributed by atoms with Crippen molar-refractivity contribution in [1.82, 2.24) is 9.55 Å². The topological polar surface area (TPSA) is 47.4 Å². The van der Waals surface area contributed by atoms with Gasteiger partial charge in [0, 0.05) is 13.1 Å². The highest BCUT2D eigenvalue weighted by atomic mass is 19.1. The third kappa shape index (κ3) is 2.90. The van der Waals surface area contributed by atoms with Crippen LogP contribution in [-0.2, 0) is 13.2 Å². The molecule has 0 radical (unpaired) electrons. The second kappa shape index (κ2) is 6.17. The molecule has 0 N–H and O–H groups in total. The van der Waals surface area contributed by atoms with Crippen LogP contribution < -0.4 is 15.3 Å². The molecule has 1 aliphatic carbocycles. The molecule has 2 heterocycles. The van der Waals surface area contributed by atoms with Crippen molar-refractivity contribution in [3.8, 4) is 5.88 Å². The second-order valence-electron chi connectivity index (χ2n) is 7.08. The van der Waals surface area contributed by atoms with E-state index in [0.717, 1.165) is 18.7 Å². The van der Waals surface area contributed by atoms with Gasteiger partial charge >= 0.3 is 5.69 Å². The average Bonchev–Trinajstić information content (AvgIpc) is 2.87. The summed E-state index contributed by atoms with van der Waals surface area (Å²) in [6.45, 7) is 0.886.